The molecule has 0 fully saturated rings. The number of nitro benzene ring substituents is 1. The van der Waals surface area contributed by atoms with Crippen LogP contribution in [0.25, 0.3) is 0 Å². The highest BCUT2D eigenvalue weighted by molar-refractivity contribution is 7.99. The molecule has 1 N–H and O–H groups in total. The monoisotopic (exact) mass is 495 g/mol. The van der Waals surface area contributed by atoms with Gasteiger partial charge in [0.15, 0.2) is 11.0 Å². The second-order valence-corrected chi connectivity index (χ2v) is 8.38. The fourth-order valence-corrected chi connectivity index (χ4v) is 3.95. The Morgan fingerprint density at radius 2 is 1.97 bits per heavy atom. The van der Waals surface area contributed by atoms with Gasteiger partial charge in [-0.3, -0.25) is 14.9 Å². The van der Waals surface area contributed by atoms with Gasteiger partial charge >= 0.3 is 0 Å². The number of thioether (sulfide) groups is 1. The van der Waals surface area contributed by atoms with E-state index in [-0.39, 0.29) is 34.7 Å². The van der Waals surface area contributed by atoms with Gasteiger partial charge in [0.05, 0.1) is 15.7 Å². The number of nitrogens with zero attached hydrogens (tertiary/aromatic N) is 4. The van der Waals surface area contributed by atoms with Crippen molar-refractivity contribution in [3.63, 3.8) is 0 Å². The highest BCUT2D eigenvalue weighted by Crippen LogP contribution is 2.28. The lowest BCUT2D eigenvalue weighted by Crippen LogP contribution is -2.15. The number of aromatic nitrogens is 3. The molecule has 0 aliphatic heterocycles. The van der Waals surface area contributed by atoms with Gasteiger partial charge in [-0.25, -0.2) is 0 Å². The number of hydrogen-bond donors (Lipinski definition) is 1. The van der Waals surface area contributed by atoms with E-state index < -0.39 is 4.92 Å². The molecule has 0 unspecified atom stereocenters. The molecule has 168 valence electrons. The first-order chi connectivity index (χ1) is 15.3. The van der Waals surface area contributed by atoms with E-state index in [2.05, 4.69) is 15.5 Å². The average Bonchev–Trinajstić information content (AvgIpc) is 3.15. The predicted molar refractivity (Wildman–Crippen MR) is 124 cm³/mol. The first-order valence-electron chi connectivity index (χ1n) is 9.46. The number of benzene rings is 2. The third-order valence-corrected chi connectivity index (χ3v) is 5.91. The molecule has 1 heterocycles. The van der Waals surface area contributed by atoms with E-state index in [1.54, 1.807) is 6.07 Å². The van der Waals surface area contributed by atoms with Crippen LogP contribution in [-0.2, 0) is 17.9 Å². The molecule has 0 atom stereocenters. The number of ether oxygens (including phenoxy) is 1. The van der Waals surface area contributed by atoms with Crippen molar-refractivity contribution >= 4 is 52.2 Å². The number of carbonyl (C=O) groups excluding carboxylic acids is 1. The summed E-state index contributed by atoms with van der Waals surface area (Å²) >= 11 is 13.2. The Balaban J connectivity index is 1.61. The van der Waals surface area contributed by atoms with Gasteiger partial charge in [-0.15, -0.1) is 10.2 Å². The smallest absolute Gasteiger partial charge is 0.289 e. The van der Waals surface area contributed by atoms with Crippen molar-refractivity contribution in [2.75, 3.05) is 11.1 Å². The molecule has 0 aliphatic carbocycles. The Kier molecular flexibility index (Phi) is 7.94. The number of anilines is 1. The molecule has 9 nitrogen and oxygen atoms in total. The molecule has 2 aromatic carbocycles. The number of amides is 1. The van der Waals surface area contributed by atoms with Gasteiger partial charge in [0.25, 0.3) is 5.69 Å². The molecule has 32 heavy (non-hydrogen) atoms. The molecule has 0 radical (unpaired) electrons. The molecule has 1 aromatic heterocycles. The standard InChI is InChI=1S/C20H19Cl2N5O4S/c1-3-26-18(10-31-17-8-12(2)4-6-15(17)22)24-25-20(26)32-11-19(28)23-13-5-7-14(21)16(9-13)27(29)30/h4-9H,3,10-11H2,1-2H3,(H,23,28). The third kappa shape index (κ3) is 5.90. The lowest BCUT2D eigenvalue weighted by atomic mass is 10.2. The van der Waals surface area contributed by atoms with Crippen LogP contribution in [0.4, 0.5) is 11.4 Å². The zero-order chi connectivity index (χ0) is 23.3. The second-order valence-electron chi connectivity index (χ2n) is 6.63. The molecule has 0 saturated carbocycles. The highest BCUT2D eigenvalue weighted by Gasteiger charge is 2.16. The average molecular weight is 496 g/mol. The van der Waals surface area contributed by atoms with Crippen molar-refractivity contribution in [3.8, 4) is 5.75 Å². The molecule has 3 aromatic rings. The Bertz CT molecular complexity index is 1160. The van der Waals surface area contributed by atoms with Gasteiger partial charge in [-0.05, 0) is 43.7 Å². The van der Waals surface area contributed by atoms with E-state index in [0.29, 0.717) is 28.3 Å². The molecule has 12 heteroatoms. The zero-order valence-electron chi connectivity index (χ0n) is 17.2. The first kappa shape index (κ1) is 23.8. The normalized spacial score (nSPS) is 10.8. The molecule has 0 aliphatic rings. The largest absolute Gasteiger partial charge is 0.484 e. The minimum absolute atomic E-state index is 0.000112. The van der Waals surface area contributed by atoms with Crippen LogP contribution in [0.3, 0.4) is 0 Å². The van der Waals surface area contributed by atoms with Crippen molar-refractivity contribution in [3.05, 3.63) is 67.9 Å². The molecular weight excluding hydrogens is 477 g/mol. The quantitative estimate of drug-likeness (QED) is 0.248. The predicted octanol–water partition coefficient (Wildman–Crippen LogP) is 5.13. The summed E-state index contributed by atoms with van der Waals surface area (Å²) in [4.78, 5) is 22.7. The van der Waals surface area contributed by atoms with E-state index in [4.69, 9.17) is 27.9 Å². The van der Waals surface area contributed by atoms with Crippen molar-refractivity contribution in [2.45, 2.75) is 32.2 Å². The van der Waals surface area contributed by atoms with E-state index in [0.717, 1.165) is 5.56 Å². The Morgan fingerprint density at radius 3 is 2.69 bits per heavy atom. The fraction of sp³-hybridized carbons (Fsp3) is 0.250. The maximum absolute atomic E-state index is 12.3. The minimum atomic E-state index is -0.607. The number of aryl methyl sites for hydroxylation is 1. The maximum Gasteiger partial charge on any atom is 0.289 e. The summed E-state index contributed by atoms with van der Waals surface area (Å²) in [6.07, 6.45) is 0. The van der Waals surface area contributed by atoms with E-state index in [1.165, 1.54) is 30.0 Å². The number of halogens is 2. The van der Waals surface area contributed by atoms with Gasteiger partial charge < -0.3 is 14.6 Å². The van der Waals surface area contributed by atoms with Gasteiger partial charge in [0.1, 0.15) is 17.4 Å². The lowest BCUT2D eigenvalue weighted by molar-refractivity contribution is -0.384. The number of rotatable bonds is 9. The van der Waals surface area contributed by atoms with Gasteiger partial charge in [0, 0.05) is 18.3 Å². The van der Waals surface area contributed by atoms with Crippen molar-refractivity contribution in [1.82, 2.24) is 14.8 Å². The fourth-order valence-electron chi connectivity index (χ4n) is 2.77. The highest BCUT2D eigenvalue weighted by atomic mass is 35.5. The Hall–Kier alpha value is -2.82. The van der Waals surface area contributed by atoms with Gasteiger partial charge in [-0.2, -0.15) is 0 Å². The summed E-state index contributed by atoms with van der Waals surface area (Å²) in [5.41, 5.74) is 1.03. The Morgan fingerprint density at radius 1 is 1.22 bits per heavy atom. The van der Waals surface area contributed by atoms with E-state index in [1.807, 2.05) is 30.5 Å². The summed E-state index contributed by atoms with van der Waals surface area (Å²) < 4.78 is 7.64. The number of carbonyl (C=O) groups is 1. The summed E-state index contributed by atoms with van der Waals surface area (Å²) in [6, 6.07) is 9.58. The van der Waals surface area contributed by atoms with Crippen LogP contribution in [0.1, 0.15) is 18.3 Å². The number of hydrogen-bond acceptors (Lipinski definition) is 7. The first-order valence-corrected chi connectivity index (χ1v) is 11.2. The number of nitro groups is 1. The molecule has 0 saturated heterocycles. The molecule has 0 bridgehead atoms. The van der Waals surface area contributed by atoms with Crippen molar-refractivity contribution in [2.24, 2.45) is 0 Å². The van der Waals surface area contributed by atoms with Crippen LogP contribution >= 0.6 is 35.0 Å². The van der Waals surface area contributed by atoms with Crippen molar-refractivity contribution in [1.29, 1.82) is 0 Å². The summed E-state index contributed by atoms with van der Waals surface area (Å²) in [5.74, 6) is 0.852. The zero-order valence-corrected chi connectivity index (χ0v) is 19.5. The van der Waals surface area contributed by atoms with Crippen LogP contribution in [-0.4, -0.2) is 31.3 Å². The van der Waals surface area contributed by atoms with Crippen molar-refractivity contribution < 1.29 is 14.5 Å². The number of nitrogens with one attached hydrogen (secondary N) is 1. The van der Waals surface area contributed by atoms with Crippen LogP contribution in [0.2, 0.25) is 10.0 Å². The lowest BCUT2D eigenvalue weighted by Gasteiger charge is -2.10. The second kappa shape index (κ2) is 10.7. The van der Waals surface area contributed by atoms with Crippen LogP contribution in [0.15, 0.2) is 41.6 Å². The minimum Gasteiger partial charge on any atom is -0.484 e. The summed E-state index contributed by atoms with van der Waals surface area (Å²) in [5, 5.41) is 23.0. The topological polar surface area (TPSA) is 112 Å². The molecule has 1 amide bonds. The molecule has 0 spiro atoms. The van der Waals surface area contributed by atoms with Gasteiger partial charge in [0.2, 0.25) is 5.91 Å². The van der Waals surface area contributed by atoms with Crippen LogP contribution < -0.4 is 10.1 Å². The summed E-state index contributed by atoms with van der Waals surface area (Å²) in [6.45, 7) is 4.63. The Labute approximate surface area is 198 Å². The third-order valence-electron chi connectivity index (χ3n) is 4.31. The summed E-state index contributed by atoms with van der Waals surface area (Å²) in [7, 11) is 0. The van der Waals surface area contributed by atoms with E-state index in [9.17, 15) is 14.9 Å². The van der Waals surface area contributed by atoms with Crippen LogP contribution in [0.5, 0.6) is 5.75 Å². The maximum atomic E-state index is 12.3. The SMILES string of the molecule is CCn1c(COc2cc(C)ccc2Cl)nnc1SCC(=O)Nc1ccc(Cl)c([N+](=O)[O-])c1. The van der Waals surface area contributed by atoms with Gasteiger partial charge in [-0.1, -0.05) is 41.0 Å². The molecule has 3 rings (SSSR count). The van der Waals surface area contributed by atoms with Crippen LogP contribution in [0, 0.1) is 17.0 Å². The van der Waals surface area contributed by atoms with E-state index >= 15 is 0 Å². The molecular formula is C20H19Cl2N5O4S.